The summed E-state index contributed by atoms with van der Waals surface area (Å²) in [6.45, 7) is 1.40. The van der Waals surface area contributed by atoms with Crippen LogP contribution in [-0.4, -0.2) is 47.2 Å². The standard InChI is InChI=1S/C11H16N4O2/c1-17-11(16)15-6-2-3-9(8-15)14-10-7-12-4-5-13-10/h4-5,7,9H,2-3,6,8H2,1H3,(H,13,14). The van der Waals surface area contributed by atoms with Crippen molar-refractivity contribution in [3.8, 4) is 0 Å². The first kappa shape index (κ1) is 11.6. The van der Waals surface area contributed by atoms with Gasteiger partial charge in [-0.3, -0.25) is 4.98 Å². The third-order valence-corrected chi connectivity index (χ3v) is 2.77. The van der Waals surface area contributed by atoms with Crippen molar-refractivity contribution in [1.29, 1.82) is 0 Å². The number of nitrogens with zero attached hydrogens (tertiary/aromatic N) is 3. The monoisotopic (exact) mass is 236 g/mol. The summed E-state index contributed by atoms with van der Waals surface area (Å²) in [5.74, 6) is 0.740. The van der Waals surface area contributed by atoms with Crippen molar-refractivity contribution in [2.75, 3.05) is 25.5 Å². The average Bonchev–Trinajstić information content (AvgIpc) is 2.39. The first-order valence-corrected chi connectivity index (χ1v) is 5.65. The van der Waals surface area contributed by atoms with Crippen LogP contribution in [0.1, 0.15) is 12.8 Å². The van der Waals surface area contributed by atoms with Crippen LogP contribution >= 0.6 is 0 Å². The Hall–Kier alpha value is -1.85. The van der Waals surface area contributed by atoms with Gasteiger partial charge in [-0.15, -0.1) is 0 Å². The number of hydrogen-bond acceptors (Lipinski definition) is 5. The molecule has 17 heavy (non-hydrogen) atoms. The van der Waals surface area contributed by atoms with Crippen molar-refractivity contribution < 1.29 is 9.53 Å². The van der Waals surface area contributed by atoms with Gasteiger partial charge in [0.15, 0.2) is 0 Å². The van der Waals surface area contributed by atoms with E-state index in [1.54, 1.807) is 23.5 Å². The average molecular weight is 236 g/mol. The van der Waals surface area contributed by atoms with Crippen LogP contribution in [0.2, 0.25) is 0 Å². The number of carbonyl (C=O) groups is 1. The van der Waals surface area contributed by atoms with Gasteiger partial charge in [-0.25, -0.2) is 9.78 Å². The van der Waals surface area contributed by atoms with E-state index in [-0.39, 0.29) is 12.1 Å². The molecule has 1 fully saturated rings. The molecule has 1 atom stereocenters. The summed E-state index contributed by atoms with van der Waals surface area (Å²) < 4.78 is 4.72. The number of aromatic nitrogens is 2. The topological polar surface area (TPSA) is 67.3 Å². The molecule has 92 valence electrons. The van der Waals surface area contributed by atoms with Crippen molar-refractivity contribution in [1.82, 2.24) is 14.9 Å². The second kappa shape index (κ2) is 5.47. The van der Waals surface area contributed by atoms with Gasteiger partial charge in [0, 0.05) is 31.5 Å². The Morgan fingerprint density at radius 1 is 1.59 bits per heavy atom. The highest BCUT2D eigenvalue weighted by Crippen LogP contribution is 2.14. The number of carbonyl (C=O) groups excluding carboxylic acids is 1. The zero-order chi connectivity index (χ0) is 12.1. The van der Waals surface area contributed by atoms with Gasteiger partial charge in [0.25, 0.3) is 0 Å². The van der Waals surface area contributed by atoms with E-state index in [1.807, 2.05) is 0 Å². The quantitative estimate of drug-likeness (QED) is 0.833. The third-order valence-electron chi connectivity index (χ3n) is 2.77. The molecule has 1 unspecified atom stereocenters. The normalized spacial score (nSPS) is 19.8. The molecule has 0 radical (unpaired) electrons. The smallest absolute Gasteiger partial charge is 0.409 e. The molecular weight excluding hydrogens is 220 g/mol. The molecule has 1 aromatic heterocycles. The van der Waals surface area contributed by atoms with Crippen molar-refractivity contribution in [3.63, 3.8) is 0 Å². The highest BCUT2D eigenvalue weighted by Gasteiger charge is 2.24. The lowest BCUT2D eigenvalue weighted by Gasteiger charge is -2.32. The molecule has 1 aliphatic rings. The fourth-order valence-corrected chi connectivity index (χ4v) is 1.97. The number of rotatable bonds is 2. The Kier molecular flexibility index (Phi) is 3.74. The first-order chi connectivity index (χ1) is 8.29. The summed E-state index contributed by atoms with van der Waals surface area (Å²) in [4.78, 5) is 21.3. The van der Waals surface area contributed by atoms with E-state index in [1.165, 1.54) is 7.11 Å². The molecule has 6 heteroatoms. The lowest BCUT2D eigenvalue weighted by molar-refractivity contribution is 0.113. The lowest BCUT2D eigenvalue weighted by Crippen LogP contribution is -2.45. The lowest BCUT2D eigenvalue weighted by atomic mass is 10.1. The summed E-state index contributed by atoms with van der Waals surface area (Å²) >= 11 is 0. The Balaban J connectivity index is 1.92. The van der Waals surface area contributed by atoms with Crippen LogP contribution in [0.5, 0.6) is 0 Å². The van der Waals surface area contributed by atoms with E-state index in [9.17, 15) is 4.79 Å². The predicted molar refractivity (Wildman–Crippen MR) is 62.7 cm³/mol. The highest BCUT2D eigenvalue weighted by molar-refractivity contribution is 5.67. The van der Waals surface area contributed by atoms with Crippen LogP contribution in [-0.2, 0) is 4.74 Å². The summed E-state index contributed by atoms with van der Waals surface area (Å²) in [6, 6.07) is 0.208. The Bertz CT molecular complexity index is 371. The van der Waals surface area contributed by atoms with E-state index in [0.717, 1.165) is 25.2 Å². The summed E-state index contributed by atoms with van der Waals surface area (Å²) in [6.07, 6.45) is 6.67. The van der Waals surface area contributed by atoms with Crippen LogP contribution in [0.3, 0.4) is 0 Å². The molecule has 2 heterocycles. The zero-order valence-corrected chi connectivity index (χ0v) is 9.80. The molecule has 1 N–H and O–H groups in total. The van der Waals surface area contributed by atoms with Crippen LogP contribution < -0.4 is 5.32 Å². The van der Waals surface area contributed by atoms with Gasteiger partial charge in [-0.2, -0.15) is 0 Å². The van der Waals surface area contributed by atoms with Crippen molar-refractivity contribution in [2.45, 2.75) is 18.9 Å². The minimum Gasteiger partial charge on any atom is -0.453 e. The molecule has 1 aliphatic heterocycles. The molecule has 0 saturated carbocycles. The molecule has 1 saturated heterocycles. The van der Waals surface area contributed by atoms with Gasteiger partial charge in [0.05, 0.1) is 13.3 Å². The minimum atomic E-state index is -0.268. The van der Waals surface area contributed by atoms with Gasteiger partial charge >= 0.3 is 6.09 Å². The van der Waals surface area contributed by atoms with Gasteiger partial charge in [-0.05, 0) is 12.8 Å². The fourth-order valence-electron chi connectivity index (χ4n) is 1.97. The largest absolute Gasteiger partial charge is 0.453 e. The fraction of sp³-hybridized carbons (Fsp3) is 0.545. The maximum atomic E-state index is 11.4. The van der Waals surface area contributed by atoms with Gasteiger partial charge < -0.3 is 15.0 Å². The molecule has 0 spiro atoms. The number of anilines is 1. The minimum absolute atomic E-state index is 0.208. The SMILES string of the molecule is COC(=O)N1CCCC(Nc2cnccn2)C1. The highest BCUT2D eigenvalue weighted by atomic mass is 16.5. The summed E-state index contributed by atoms with van der Waals surface area (Å²) in [5, 5.41) is 3.27. The number of ether oxygens (including phenoxy) is 1. The van der Waals surface area contributed by atoms with Crippen molar-refractivity contribution >= 4 is 11.9 Å². The molecule has 1 aromatic rings. The van der Waals surface area contributed by atoms with Crippen LogP contribution in [0, 0.1) is 0 Å². The Morgan fingerprint density at radius 2 is 2.47 bits per heavy atom. The maximum Gasteiger partial charge on any atom is 0.409 e. The number of hydrogen-bond donors (Lipinski definition) is 1. The van der Waals surface area contributed by atoms with Gasteiger partial charge in [0.2, 0.25) is 0 Å². The summed E-state index contributed by atoms with van der Waals surface area (Å²) in [7, 11) is 1.40. The maximum absolute atomic E-state index is 11.4. The van der Waals surface area contributed by atoms with Crippen LogP contribution in [0.4, 0.5) is 10.6 Å². The number of amides is 1. The predicted octanol–water partition coefficient (Wildman–Crippen LogP) is 1.12. The van der Waals surface area contributed by atoms with E-state index >= 15 is 0 Å². The molecule has 2 rings (SSSR count). The van der Waals surface area contributed by atoms with E-state index in [4.69, 9.17) is 4.74 Å². The second-order valence-electron chi connectivity index (χ2n) is 3.99. The first-order valence-electron chi connectivity index (χ1n) is 5.65. The Morgan fingerprint density at radius 3 is 3.18 bits per heavy atom. The zero-order valence-electron chi connectivity index (χ0n) is 9.80. The molecule has 0 aliphatic carbocycles. The Labute approximate surface area is 100 Å². The van der Waals surface area contributed by atoms with Crippen LogP contribution in [0.25, 0.3) is 0 Å². The van der Waals surface area contributed by atoms with Gasteiger partial charge in [-0.1, -0.05) is 0 Å². The number of methoxy groups -OCH3 is 1. The molecular formula is C11H16N4O2. The summed E-state index contributed by atoms with van der Waals surface area (Å²) in [5.41, 5.74) is 0. The van der Waals surface area contributed by atoms with Crippen LogP contribution in [0.15, 0.2) is 18.6 Å². The van der Waals surface area contributed by atoms with E-state index in [2.05, 4.69) is 15.3 Å². The van der Waals surface area contributed by atoms with E-state index < -0.39 is 0 Å². The number of nitrogens with one attached hydrogen (secondary N) is 1. The van der Waals surface area contributed by atoms with Gasteiger partial charge in [0.1, 0.15) is 5.82 Å². The van der Waals surface area contributed by atoms with Crippen molar-refractivity contribution in [3.05, 3.63) is 18.6 Å². The molecule has 1 amide bonds. The molecule has 0 aromatic carbocycles. The van der Waals surface area contributed by atoms with Crippen molar-refractivity contribution in [2.24, 2.45) is 0 Å². The molecule has 0 bridgehead atoms. The number of likely N-dealkylation sites (tertiary alicyclic amines) is 1. The number of piperidine rings is 1. The third kappa shape index (κ3) is 3.05. The van der Waals surface area contributed by atoms with E-state index in [0.29, 0.717) is 6.54 Å². The molecule has 6 nitrogen and oxygen atoms in total. The second-order valence-corrected chi connectivity index (χ2v) is 3.99.